The predicted octanol–water partition coefficient (Wildman–Crippen LogP) is 1.94. The summed E-state index contributed by atoms with van der Waals surface area (Å²) in [4.78, 5) is 34.3. The molecule has 2 saturated heterocycles. The summed E-state index contributed by atoms with van der Waals surface area (Å²) in [7, 11) is 0. The molecule has 0 aromatic carbocycles. The third-order valence-corrected chi connectivity index (χ3v) is 6.30. The fraction of sp³-hybridized carbons (Fsp3) is 0.667. The Bertz CT molecular complexity index is 847. The number of amides is 1. The van der Waals surface area contributed by atoms with Crippen LogP contribution in [0, 0.1) is 5.92 Å². The van der Waals surface area contributed by atoms with E-state index >= 15 is 0 Å². The van der Waals surface area contributed by atoms with Gasteiger partial charge in [0.05, 0.1) is 0 Å². The highest BCUT2D eigenvalue weighted by molar-refractivity contribution is 7.20. The maximum absolute atomic E-state index is 12.6. The predicted molar refractivity (Wildman–Crippen MR) is 102 cm³/mol. The summed E-state index contributed by atoms with van der Waals surface area (Å²) in [5.41, 5.74) is 0.725. The average molecular weight is 375 g/mol. The smallest absolute Gasteiger partial charge is 0.275 e. The van der Waals surface area contributed by atoms with Crippen molar-refractivity contribution in [3.05, 3.63) is 22.1 Å². The molecule has 0 atom stereocenters. The Balaban J connectivity index is 1.46. The monoisotopic (exact) mass is 375 g/mol. The highest BCUT2D eigenvalue weighted by Crippen LogP contribution is 2.28. The molecule has 0 N–H and O–H groups in total. The van der Waals surface area contributed by atoms with Gasteiger partial charge in [0.2, 0.25) is 16.0 Å². The lowest BCUT2D eigenvalue weighted by Gasteiger charge is -2.32. The second-order valence-electron chi connectivity index (χ2n) is 7.21. The number of anilines is 1. The van der Waals surface area contributed by atoms with Crippen LogP contribution in [0.2, 0.25) is 0 Å². The number of fused-ring (bicyclic) bond motifs is 1. The number of rotatable bonds is 4. The molecule has 0 unspecified atom stereocenters. The van der Waals surface area contributed by atoms with Gasteiger partial charge in [-0.15, -0.1) is 5.10 Å². The van der Waals surface area contributed by atoms with E-state index in [2.05, 4.69) is 21.9 Å². The van der Waals surface area contributed by atoms with E-state index in [9.17, 15) is 9.59 Å². The van der Waals surface area contributed by atoms with Gasteiger partial charge in [0.25, 0.3) is 5.56 Å². The SMILES string of the molecule is CCCc1cc(=O)n2nc(N3CCC(C(=O)N4CCCC4)CC3)sc2n1. The van der Waals surface area contributed by atoms with Crippen LogP contribution >= 0.6 is 11.3 Å². The molecule has 8 heteroatoms. The van der Waals surface area contributed by atoms with Gasteiger partial charge in [0.15, 0.2) is 0 Å². The van der Waals surface area contributed by atoms with E-state index in [1.165, 1.54) is 15.9 Å². The van der Waals surface area contributed by atoms with E-state index in [1.54, 1.807) is 6.07 Å². The largest absolute Gasteiger partial charge is 0.347 e. The van der Waals surface area contributed by atoms with Crippen molar-refractivity contribution in [2.75, 3.05) is 31.1 Å². The van der Waals surface area contributed by atoms with Crippen LogP contribution in [0.1, 0.15) is 44.7 Å². The zero-order chi connectivity index (χ0) is 18.1. The molecule has 0 saturated carbocycles. The first-order valence-electron chi connectivity index (χ1n) is 9.59. The minimum Gasteiger partial charge on any atom is -0.347 e. The molecule has 0 aliphatic carbocycles. The number of aromatic nitrogens is 3. The molecule has 0 spiro atoms. The Morgan fingerprint density at radius 1 is 1.23 bits per heavy atom. The number of piperidine rings is 1. The lowest BCUT2D eigenvalue weighted by atomic mass is 9.95. The Kier molecular flexibility index (Phi) is 4.93. The molecule has 2 aliphatic rings. The second kappa shape index (κ2) is 7.34. The fourth-order valence-corrected chi connectivity index (χ4v) is 4.85. The van der Waals surface area contributed by atoms with Crippen molar-refractivity contribution in [2.24, 2.45) is 5.92 Å². The normalized spacial score (nSPS) is 18.8. The van der Waals surface area contributed by atoms with Crippen molar-refractivity contribution in [2.45, 2.75) is 45.4 Å². The molecule has 2 aromatic heterocycles. The minimum absolute atomic E-state index is 0.111. The van der Waals surface area contributed by atoms with E-state index in [0.717, 1.165) is 75.5 Å². The quantitative estimate of drug-likeness (QED) is 0.817. The number of hydrogen-bond donors (Lipinski definition) is 0. The summed E-state index contributed by atoms with van der Waals surface area (Å²) < 4.78 is 1.40. The van der Waals surface area contributed by atoms with Crippen LogP contribution in [-0.2, 0) is 11.2 Å². The first kappa shape index (κ1) is 17.5. The van der Waals surface area contributed by atoms with Gasteiger partial charge in [-0.05, 0) is 32.1 Å². The number of carbonyl (C=O) groups is 1. The molecule has 2 aliphatic heterocycles. The molecule has 140 valence electrons. The molecular formula is C18H25N5O2S. The van der Waals surface area contributed by atoms with Crippen LogP contribution in [0.3, 0.4) is 0 Å². The van der Waals surface area contributed by atoms with Crippen LogP contribution < -0.4 is 10.5 Å². The van der Waals surface area contributed by atoms with Crippen molar-refractivity contribution < 1.29 is 4.79 Å². The average Bonchev–Trinajstić information content (AvgIpc) is 3.31. The van der Waals surface area contributed by atoms with Gasteiger partial charge in [-0.3, -0.25) is 9.59 Å². The maximum Gasteiger partial charge on any atom is 0.275 e. The van der Waals surface area contributed by atoms with Crippen molar-refractivity contribution in [1.82, 2.24) is 19.5 Å². The van der Waals surface area contributed by atoms with Gasteiger partial charge >= 0.3 is 0 Å². The molecule has 2 aromatic rings. The fourth-order valence-electron chi connectivity index (χ4n) is 3.87. The van der Waals surface area contributed by atoms with Gasteiger partial charge in [0, 0.05) is 43.9 Å². The minimum atomic E-state index is -0.111. The van der Waals surface area contributed by atoms with Crippen LogP contribution in [0.15, 0.2) is 10.9 Å². The Hall–Kier alpha value is -1.96. The first-order valence-corrected chi connectivity index (χ1v) is 10.4. The van der Waals surface area contributed by atoms with Crippen LogP contribution in [0.4, 0.5) is 5.13 Å². The van der Waals surface area contributed by atoms with E-state index < -0.39 is 0 Å². The van der Waals surface area contributed by atoms with Crippen molar-refractivity contribution in [3.63, 3.8) is 0 Å². The number of carbonyl (C=O) groups excluding carboxylic acids is 1. The van der Waals surface area contributed by atoms with E-state index in [0.29, 0.717) is 10.9 Å². The molecule has 0 radical (unpaired) electrons. The molecule has 4 heterocycles. The Morgan fingerprint density at radius 2 is 1.96 bits per heavy atom. The van der Waals surface area contributed by atoms with Crippen LogP contribution in [0.25, 0.3) is 4.96 Å². The second-order valence-corrected chi connectivity index (χ2v) is 8.14. The standard InChI is InChI=1S/C18H25N5O2S/c1-2-5-14-12-15(24)23-17(19-14)26-18(20-23)22-10-6-13(7-11-22)16(25)21-8-3-4-9-21/h12-13H,2-11H2,1H3. The Morgan fingerprint density at radius 3 is 2.65 bits per heavy atom. The zero-order valence-corrected chi connectivity index (χ0v) is 16.0. The summed E-state index contributed by atoms with van der Waals surface area (Å²) in [5, 5.41) is 5.30. The first-order chi connectivity index (χ1) is 12.7. The molecular weight excluding hydrogens is 350 g/mol. The number of hydrogen-bond acceptors (Lipinski definition) is 6. The molecule has 4 rings (SSSR count). The zero-order valence-electron chi connectivity index (χ0n) is 15.2. The molecule has 0 bridgehead atoms. The summed E-state index contributed by atoms with van der Waals surface area (Å²) in [6, 6.07) is 1.58. The number of aryl methyl sites for hydroxylation is 1. The van der Waals surface area contributed by atoms with Crippen LogP contribution in [-0.4, -0.2) is 51.6 Å². The van der Waals surface area contributed by atoms with Gasteiger partial charge in [0.1, 0.15) is 0 Å². The summed E-state index contributed by atoms with van der Waals surface area (Å²) >= 11 is 1.46. The third-order valence-electron chi connectivity index (χ3n) is 5.33. The summed E-state index contributed by atoms with van der Waals surface area (Å²) in [5.74, 6) is 0.462. The van der Waals surface area contributed by atoms with E-state index in [1.807, 2.05) is 4.90 Å². The van der Waals surface area contributed by atoms with Crippen molar-refractivity contribution in [1.29, 1.82) is 0 Å². The van der Waals surface area contributed by atoms with Gasteiger partial charge in [-0.1, -0.05) is 24.7 Å². The van der Waals surface area contributed by atoms with Crippen LogP contribution in [0.5, 0.6) is 0 Å². The maximum atomic E-state index is 12.6. The molecule has 2 fully saturated rings. The molecule has 7 nitrogen and oxygen atoms in total. The van der Waals surface area contributed by atoms with Crippen molar-refractivity contribution in [3.8, 4) is 0 Å². The van der Waals surface area contributed by atoms with Crippen molar-refractivity contribution >= 4 is 27.3 Å². The van der Waals surface area contributed by atoms with Gasteiger partial charge in [-0.25, -0.2) is 4.98 Å². The number of likely N-dealkylation sites (tertiary alicyclic amines) is 1. The lowest BCUT2D eigenvalue weighted by molar-refractivity contribution is -0.135. The number of nitrogens with zero attached hydrogens (tertiary/aromatic N) is 5. The third kappa shape index (κ3) is 3.34. The van der Waals surface area contributed by atoms with E-state index in [-0.39, 0.29) is 11.5 Å². The lowest BCUT2D eigenvalue weighted by Crippen LogP contribution is -2.41. The van der Waals surface area contributed by atoms with Gasteiger partial charge in [-0.2, -0.15) is 4.52 Å². The van der Waals surface area contributed by atoms with Gasteiger partial charge < -0.3 is 9.80 Å². The highest BCUT2D eigenvalue weighted by Gasteiger charge is 2.30. The summed E-state index contributed by atoms with van der Waals surface area (Å²) in [6.45, 7) is 5.54. The summed E-state index contributed by atoms with van der Waals surface area (Å²) in [6.07, 6.45) is 5.76. The highest BCUT2D eigenvalue weighted by atomic mass is 32.1. The topological polar surface area (TPSA) is 70.8 Å². The molecule has 1 amide bonds. The van der Waals surface area contributed by atoms with E-state index in [4.69, 9.17) is 0 Å². The molecule has 26 heavy (non-hydrogen) atoms. The Labute approximate surface area is 156 Å².